The zero-order valence-electron chi connectivity index (χ0n) is 10.3. The van der Waals surface area contributed by atoms with Crippen LogP contribution in [0.5, 0.6) is 11.5 Å². The van der Waals surface area contributed by atoms with Crippen LogP contribution in [0.4, 0.5) is 0 Å². The van der Waals surface area contributed by atoms with E-state index in [1.807, 2.05) is 0 Å². The van der Waals surface area contributed by atoms with Gasteiger partial charge in [-0.3, -0.25) is 0 Å². The summed E-state index contributed by atoms with van der Waals surface area (Å²) in [4.78, 5) is 0.0478. The zero-order chi connectivity index (χ0) is 14.8. The van der Waals surface area contributed by atoms with Crippen LogP contribution in [0.25, 0.3) is 0 Å². The first-order valence-corrected chi connectivity index (χ1v) is 8.46. The van der Waals surface area contributed by atoms with Crippen molar-refractivity contribution >= 4 is 42.0 Å². The fraction of sp³-hybridized carbons (Fsp3) is 0.0769. The van der Waals surface area contributed by atoms with Crippen molar-refractivity contribution in [3.05, 3.63) is 51.4 Å². The third kappa shape index (κ3) is 3.34. The van der Waals surface area contributed by atoms with Gasteiger partial charge in [0.2, 0.25) is 0 Å². The second-order valence-corrected chi connectivity index (χ2v) is 7.05. The van der Waals surface area contributed by atoms with E-state index in [4.69, 9.17) is 8.92 Å². The van der Waals surface area contributed by atoms with Gasteiger partial charge < -0.3 is 8.92 Å². The summed E-state index contributed by atoms with van der Waals surface area (Å²) in [6.07, 6.45) is 0. The number of hydrogen-bond acceptors (Lipinski definition) is 4. The molecule has 2 aromatic carbocycles. The van der Waals surface area contributed by atoms with Crippen LogP contribution in [-0.2, 0) is 10.1 Å². The highest BCUT2D eigenvalue weighted by atomic mass is 79.9. The van der Waals surface area contributed by atoms with E-state index in [1.165, 1.54) is 19.2 Å². The van der Waals surface area contributed by atoms with Crippen molar-refractivity contribution in [1.82, 2.24) is 0 Å². The monoisotopic (exact) mass is 420 g/mol. The summed E-state index contributed by atoms with van der Waals surface area (Å²) in [6, 6.07) is 11.3. The predicted molar refractivity (Wildman–Crippen MR) is 82.6 cm³/mol. The van der Waals surface area contributed by atoms with Gasteiger partial charge in [0.05, 0.1) is 7.11 Å². The normalized spacial score (nSPS) is 11.2. The lowest BCUT2D eigenvalue weighted by atomic mass is 10.3. The Labute approximate surface area is 134 Å². The van der Waals surface area contributed by atoms with E-state index in [9.17, 15) is 8.42 Å². The molecule has 0 fully saturated rings. The molecule has 0 heterocycles. The molecule has 4 nitrogen and oxygen atoms in total. The fourth-order valence-corrected chi connectivity index (χ4v) is 4.17. The van der Waals surface area contributed by atoms with Gasteiger partial charge in [-0.15, -0.1) is 0 Å². The first kappa shape index (κ1) is 15.3. The van der Waals surface area contributed by atoms with Crippen LogP contribution in [-0.4, -0.2) is 15.5 Å². The lowest BCUT2D eigenvalue weighted by Gasteiger charge is -2.11. The molecule has 0 saturated heterocycles. The Morgan fingerprint density at radius 3 is 2.25 bits per heavy atom. The molecule has 0 bridgehead atoms. The second-order valence-electron chi connectivity index (χ2n) is 3.76. The maximum atomic E-state index is 12.3. The number of methoxy groups -OCH3 is 1. The number of para-hydroxylation sites is 2. The highest BCUT2D eigenvalue weighted by Gasteiger charge is 2.21. The first-order valence-electron chi connectivity index (χ1n) is 5.46. The van der Waals surface area contributed by atoms with Crippen molar-refractivity contribution in [1.29, 1.82) is 0 Å². The van der Waals surface area contributed by atoms with Crippen LogP contribution in [0.1, 0.15) is 0 Å². The van der Waals surface area contributed by atoms with Crippen LogP contribution < -0.4 is 8.92 Å². The van der Waals surface area contributed by atoms with E-state index in [1.54, 1.807) is 30.3 Å². The van der Waals surface area contributed by atoms with E-state index in [-0.39, 0.29) is 10.6 Å². The van der Waals surface area contributed by atoms with Crippen LogP contribution in [0.3, 0.4) is 0 Å². The summed E-state index contributed by atoms with van der Waals surface area (Å²) in [6.45, 7) is 0. The van der Waals surface area contributed by atoms with Crippen molar-refractivity contribution in [2.75, 3.05) is 7.11 Å². The van der Waals surface area contributed by atoms with Gasteiger partial charge in [0.15, 0.2) is 11.5 Å². The highest BCUT2D eigenvalue weighted by molar-refractivity contribution is 9.11. The van der Waals surface area contributed by atoms with E-state index in [0.29, 0.717) is 10.2 Å². The Morgan fingerprint density at radius 2 is 1.65 bits per heavy atom. The minimum absolute atomic E-state index is 0.0478. The first-order chi connectivity index (χ1) is 9.44. The van der Waals surface area contributed by atoms with Gasteiger partial charge in [0.1, 0.15) is 4.90 Å². The molecular weight excluding hydrogens is 412 g/mol. The predicted octanol–water partition coefficient (Wildman–Crippen LogP) is 3.99. The zero-order valence-corrected chi connectivity index (χ0v) is 14.3. The lowest BCUT2D eigenvalue weighted by Crippen LogP contribution is -2.11. The number of ether oxygens (including phenoxy) is 1. The Kier molecular flexibility index (Phi) is 4.72. The summed E-state index contributed by atoms with van der Waals surface area (Å²) in [5.41, 5.74) is 0. The molecule has 0 spiro atoms. The van der Waals surface area contributed by atoms with Crippen LogP contribution in [0.15, 0.2) is 56.3 Å². The Morgan fingerprint density at radius 1 is 1.00 bits per heavy atom. The van der Waals surface area contributed by atoms with Crippen molar-refractivity contribution in [2.45, 2.75) is 4.90 Å². The topological polar surface area (TPSA) is 52.6 Å². The minimum atomic E-state index is -3.94. The lowest BCUT2D eigenvalue weighted by molar-refractivity contribution is 0.390. The Bertz CT molecular complexity index is 729. The van der Waals surface area contributed by atoms with Gasteiger partial charge in [-0.1, -0.05) is 28.1 Å². The second kappa shape index (κ2) is 6.15. The maximum absolute atomic E-state index is 12.3. The molecule has 0 atom stereocenters. The average molecular weight is 422 g/mol. The molecule has 2 rings (SSSR count). The van der Waals surface area contributed by atoms with Crippen LogP contribution in [0.2, 0.25) is 0 Å². The molecule has 0 aromatic heterocycles. The summed E-state index contributed by atoms with van der Waals surface area (Å²) in [5, 5.41) is 0. The Hall–Kier alpha value is -1.05. The van der Waals surface area contributed by atoms with Gasteiger partial charge in [-0.2, -0.15) is 8.42 Å². The van der Waals surface area contributed by atoms with Gasteiger partial charge in [-0.05, 0) is 46.3 Å². The standard InChI is InChI=1S/C13H10Br2O4S/c1-18-11-4-2-3-5-12(11)19-20(16,17)13-7-6-9(14)8-10(13)15/h2-8H,1H3. The molecule has 0 aliphatic rings. The molecule has 0 radical (unpaired) electrons. The molecule has 0 aliphatic heterocycles. The number of hydrogen-bond donors (Lipinski definition) is 0. The quantitative estimate of drug-likeness (QED) is 0.700. The van der Waals surface area contributed by atoms with Crippen molar-refractivity contribution in [3.8, 4) is 11.5 Å². The SMILES string of the molecule is COc1ccccc1OS(=O)(=O)c1ccc(Br)cc1Br. The van der Waals surface area contributed by atoms with Gasteiger partial charge in [0, 0.05) is 8.95 Å². The fourth-order valence-electron chi connectivity index (χ4n) is 1.53. The highest BCUT2D eigenvalue weighted by Crippen LogP contribution is 2.32. The molecule has 0 N–H and O–H groups in total. The van der Waals surface area contributed by atoms with Crippen molar-refractivity contribution < 1.29 is 17.3 Å². The minimum Gasteiger partial charge on any atom is -0.493 e. The maximum Gasteiger partial charge on any atom is 0.340 e. The van der Waals surface area contributed by atoms with Crippen LogP contribution >= 0.6 is 31.9 Å². The molecule has 0 aliphatic carbocycles. The summed E-state index contributed by atoms with van der Waals surface area (Å²) in [7, 11) is -2.49. The van der Waals surface area contributed by atoms with Gasteiger partial charge in [-0.25, -0.2) is 0 Å². The van der Waals surface area contributed by atoms with Gasteiger partial charge in [0.25, 0.3) is 0 Å². The molecule has 2 aromatic rings. The molecule has 7 heteroatoms. The Balaban J connectivity index is 2.41. The number of halogens is 2. The third-order valence-electron chi connectivity index (χ3n) is 2.43. The third-order valence-corrected chi connectivity index (χ3v) is 5.14. The molecular formula is C13H10Br2O4S. The van der Waals surface area contributed by atoms with Gasteiger partial charge >= 0.3 is 10.1 Å². The number of benzene rings is 2. The summed E-state index contributed by atoms with van der Waals surface area (Å²) in [5.74, 6) is 0.495. The molecule has 20 heavy (non-hydrogen) atoms. The summed E-state index contributed by atoms with van der Waals surface area (Å²) >= 11 is 6.48. The largest absolute Gasteiger partial charge is 0.493 e. The average Bonchev–Trinajstić information content (AvgIpc) is 2.38. The smallest absolute Gasteiger partial charge is 0.340 e. The van der Waals surface area contributed by atoms with Crippen molar-refractivity contribution in [2.24, 2.45) is 0 Å². The summed E-state index contributed by atoms with van der Waals surface area (Å²) < 4.78 is 35.9. The van der Waals surface area contributed by atoms with E-state index in [2.05, 4.69) is 31.9 Å². The van der Waals surface area contributed by atoms with Crippen LogP contribution in [0, 0.1) is 0 Å². The van der Waals surface area contributed by atoms with E-state index < -0.39 is 10.1 Å². The molecule has 0 unspecified atom stereocenters. The van der Waals surface area contributed by atoms with E-state index in [0.717, 1.165) is 4.47 Å². The number of rotatable bonds is 4. The molecule has 106 valence electrons. The van der Waals surface area contributed by atoms with E-state index >= 15 is 0 Å². The molecule has 0 saturated carbocycles. The molecule has 0 amide bonds. The van der Waals surface area contributed by atoms with Crippen molar-refractivity contribution in [3.63, 3.8) is 0 Å².